The van der Waals surface area contributed by atoms with Crippen LogP contribution in [0.1, 0.15) is 69.9 Å². The number of benzene rings is 1. The number of rotatable bonds is 5. The zero-order valence-corrected chi connectivity index (χ0v) is 14.3. The van der Waals surface area contributed by atoms with Crippen LogP contribution >= 0.6 is 0 Å². The average molecular weight is 294 g/mol. The molecule has 0 saturated heterocycles. The third-order valence-electron chi connectivity index (χ3n) is 4.75. The minimum Gasteiger partial charge on any atom is -0.0730 e. The lowest BCUT2D eigenvalue weighted by molar-refractivity contribution is 0.294. The van der Waals surface area contributed by atoms with Crippen molar-refractivity contribution in [3.63, 3.8) is 0 Å². The van der Waals surface area contributed by atoms with Crippen molar-refractivity contribution in [2.24, 2.45) is 11.8 Å². The Bertz CT molecular complexity index is 501. The molecule has 0 aliphatic heterocycles. The molecule has 1 saturated carbocycles. The van der Waals surface area contributed by atoms with E-state index < -0.39 is 0 Å². The van der Waals surface area contributed by atoms with E-state index in [2.05, 4.69) is 62.1 Å². The third kappa shape index (κ3) is 5.72. The number of allylic oxidation sites excluding steroid dienone is 2. The molecule has 1 aliphatic carbocycles. The fraction of sp³-hybridized carbons (Fsp3) is 0.545. The number of hydrogen-bond acceptors (Lipinski definition) is 0. The smallest absolute Gasteiger partial charge is 0.0249 e. The summed E-state index contributed by atoms with van der Waals surface area (Å²) in [5, 5.41) is 0. The SMILES string of the molecule is CCCc1ccc(C#C/C=C/C2CCC(CCC)CC2)cc1. The summed E-state index contributed by atoms with van der Waals surface area (Å²) in [4.78, 5) is 0. The summed E-state index contributed by atoms with van der Waals surface area (Å²) in [5.74, 6) is 8.20. The number of hydrogen-bond donors (Lipinski definition) is 0. The van der Waals surface area contributed by atoms with Crippen LogP contribution in [0.4, 0.5) is 0 Å². The molecule has 0 atom stereocenters. The number of aryl methyl sites for hydroxylation is 1. The second kappa shape index (κ2) is 9.52. The minimum atomic E-state index is 0.759. The summed E-state index contributed by atoms with van der Waals surface area (Å²) in [6.07, 6.45) is 15.1. The van der Waals surface area contributed by atoms with Gasteiger partial charge in [0.25, 0.3) is 0 Å². The second-order valence-electron chi connectivity index (χ2n) is 6.64. The van der Waals surface area contributed by atoms with Crippen molar-refractivity contribution >= 4 is 0 Å². The van der Waals surface area contributed by atoms with E-state index in [1.807, 2.05) is 0 Å². The molecule has 1 aliphatic rings. The second-order valence-corrected chi connectivity index (χ2v) is 6.64. The van der Waals surface area contributed by atoms with Gasteiger partial charge in [0.1, 0.15) is 0 Å². The van der Waals surface area contributed by atoms with Crippen LogP contribution in [0, 0.1) is 23.7 Å². The summed E-state index contributed by atoms with van der Waals surface area (Å²) in [5.41, 5.74) is 2.53. The summed E-state index contributed by atoms with van der Waals surface area (Å²) in [6, 6.07) is 8.68. The van der Waals surface area contributed by atoms with Crippen LogP contribution in [0.25, 0.3) is 0 Å². The van der Waals surface area contributed by atoms with Crippen LogP contribution in [-0.2, 0) is 6.42 Å². The first-order valence-corrected chi connectivity index (χ1v) is 9.09. The standard InChI is InChI=1S/C22H30/c1-3-7-19-11-15-21(16-12-19)9-5-6-10-22-17-13-20(8-4-2)14-18-22/h5,9,13-14,17-19,21H,3-4,7-8,11-12,15-16H2,1-2H3/b9-5+. The predicted molar refractivity (Wildman–Crippen MR) is 96.8 cm³/mol. The first kappa shape index (κ1) is 16.9. The summed E-state index contributed by atoms with van der Waals surface area (Å²) in [6.45, 7) is 4.52. The Kier molecular flexibility index (Phi) is 7.31. The van der Waals surface area contributed by atoms with Crippen LogP contribution in [0.2, 0.25) is 0 Å². The summed E-state index contributed by atoms with van der Waals surface area (Å²) in [7, 11) is 0. The van der Waals surface area contributed by atoms with E-state index in [0.717, 1.165) is 23.8 Å². The van der Waals surface area contributed by atoms with Gasteiger partial charge in [0, 0.05) is 5.56 Å². The van der Waals surface area contributed by atoms with Crippen LogP contribution in [0.3, 0.4) is 0 Å². The van der Waals surface area contributed by atoms with E-state index in [4.69, 9.17) is 0 Å². The van der Waals surface area contributed by atoms with Gasteiger partial charge < -0.3 is 0 Å². The molecule has 0 unspecified atom stereocenters. The fourth-order valence-electron chi connectivity index (χ4n) is 3.43. The molecule has 0 nitrogen and oxygen atoms in total. The van der Waals surface area contributed by atoms with E-state index in [1.54, 1.807) is 0 Å². The average Bonchev–Trinajstić information content (AvgIpc) is 2.55. The molecule has 0 heterocycles. The van der Waals surface area contributed by atoms with Crippen LogP contribution in [0.5, 0.6) is 0 Å². The maximum atomic E-state index is 3.25. The molecule has 1 aromatic carbocycles. The Balaban J connectivity index is 1.78. The van der Waals surface area contributed by atoms with Crippen molar-refractivity contribution in [3.05, 3.63) is 47.5 Å². The quantitative estimate of drug-likeness (QED) is 0.571. The van der Waals surface area contributed by atoms with Gasteiger partial charge >= 0.3 is 0 Å². The highest BCUT2D eigenvalue weighted by Crippen LogP contribution is 2.31. The maximum Gasteiger partial charge on any atom is 0.0249 e. The molecule has 22 heavy (non-hydrogen) atoms. The lowest BCUT2D eigenvalue weighted by atomic mass is 9.80. The first-order valence-electron chi connectivity index (χ1n) is 9.09. The zero-order chi connectivity index (χ0) is 15.6. The molecule has 1 aromatic rings. The Labute approximate surface area is 137 Å². The molecule has 0 amide bonds. The van der Waals surface area contributed by atoms with E-state index in [9.17, 15) is 0 Å². The van der Waals surface area contributed by atoms with E-state index in [0.29, 0.717) is 0 Å². The van der Waals surface area contributed by atoms with Gasteiger partial charge in [0.15, 0.2) is 0 Å². The van der Waals surface area contributed by atoms with E-state index in [-0.39, 0.29) is 0 Å². The molecular formula is C22H30. The van der Waals surface area contributed by atoms with Crippen molar-refractivity contribution in [2.45, 2.75) is 65.2 Å². The molecule has 0 spiro atoms. The van der Waals surface area contributed by atoms with Crippen molar-refractivity contribution in [1.29, 1.82) is 0 Å². The molecule has 0 N–H and O–H groups in total. The van der Waals surface area contributed by atoms with Crippen molar-refractivity contribution in [3.8, 4) is 11.8 Å². The monoisotopic (exact) mass is 294 g/mol. The summed E-state index contributed by atoms with van der Waals surface area (Å²) >= 11 is 0. The van der Waals surface area contributed by atoms with Gasteiger partial charge in [-0.2, -0.15) is 0 Å². The van der Waals surface area contributed by atoms with Gasteiger partial charge in [-0.05, 0) is 67.7 Å². The lowest BCUT2D eigenvalue weighted by Crippen LogP contribution is -2.12. The molecular weight excluding hydrogens is 264 g/mol. The van der Waals surface area contributed by atoms with Gasteiger partial charge in [-0.15, -0.1) is 0 Å². The molecule has 118 valence electrons. The topological polar surface area (TPSA) is 0 Å². The van der Waals surface area contributed by atoms with Crippen molar-refractivity contribution in [2.75, 3.05) is 0 Å². The van der Waals surface area contributed by atoms with Gasteiger partial charge in [-0.25, -0.2) is 0 Å². The van der Waals surface area contributed by atoms with Crippen LogP contribution in [-0.4, -0.2) is 0 Å². The maximum absolute atomic E-state index is 3.25. The van der Waals surface area contributed by atoms with Gasteiger partial charge in [-0.3, -0.25) is 0 Å². The van der Waals surface area contributed by atoms with Crippen LogP contribution < -0.4 is 0 Å². The zero-order valence-electron chi connectivity index (χ0n) is 14.3. The van der Waals surface area contributed by atoms with Gasteiger partial charge in [-0.1, -0.05) is 63.2 Å². The van der Waals surface area contributed by atoms with Crippen molar-refractivity contribution in [1.82, 2.24) is 0 Å². The highest BCUT2D eigenvalue weighted by molar-refractivity contribution is 5.38. The molecule has 0 radical (unpaired) electrons. The Morgan fingerprint density at radius 2 is 1.73 bits per heavy atom. The first-order chi connectivity index (χ1) is 10.8. The molecule has 0 heteroatoms. The molecule has 0 bridgehead atoms. The minimum absolute atomic E-state index is 0.759. The van der Waals surface area contributed by atoms with Crippen LogP contribution in [0.15, 0.2) is 36.4 Å². The Morgan fingerprint density at radius 1 is 1.00 bits per heavy atom. The highest BCUT2D eigenvalue weighted by atomic mass is 14.2. The molecule has 1 fully saturated rings. The molecule has 2 rings (SSSR count). The van der Waals surface area contributed by atoms with Gasteiger partial charge in [0.2, 0.25) is 0 Å². The Hall–Kier alpha value is -1.48. The predicted octanol–water partition coefficient (Wildman–Crippen LogP) is 6.15. The lowest BCUT2D eigenvalue weighted by Gasteiger charge is -2.26. The Morgan fingerprint density at radius 3 is 2.36 bits per heavy atom. The molecule has 0 aromatic heterocycles. The van der Waals surface area contributed by atoms with Crippen molar-refractivity contribution < 1.29 is 0 Å². The normalized spacial score (nSPS) is 21.5. The summed E-state index contributed by atoms with van der Waals surface area (Å²) < 4.78 is 0. The fourth-order valence-corrected chi connectivity index (χ4v) is 3.43. The highest BCUT2D eigenvalue weighted by Gasteiger charge is 2.18. The van der Waals surface area contributed by atoms with E-state index in [1.165, 1.54) is 50.5 Å². The van der Waals surface area contributed by atoms with Gasteiger partial charge in [0.05, 0.1) is 0 Å². The van der Waals surface area contributed by atoms with E-state index >= 15 is 0 Å². The largest absolute Gasteiger partial charge is 0.0730 e. The third-order valence-corrected chi connectivity index (χ3v) is 4.75.